The molecule has 0 aliphatic carbocycles. The monoisotopic (exact) mass is 352 g/mol. The van der Waals surface area contributed by atoms with Crippen LogP contribution in [0, 0.1) is 11.8 Å². The number of rotatable bonds is 6. The van der Waals surface area contributed by atoms with Gasteiger partial charge in [-0.1, -0.05) is 44.2 Å². The highest BCUT2D eigenvalue weighted by Gasteiger charge is 2.21. The third-order valence-corrected chi connectivity index (χ3v) is 4.86. The van der Waals surface area contributed by atoms with Crippen molar-refractivity contribution in [2.75, 3.05) is 24.5 Å². The van der Waals surface area contributed by atoms with Crippen molar-refractivity contribution >= 4 is 11.7 Å². The third kappa shape index (κ3) is 5.04. The van der Waals surface area contributed by atoms with Crippen molar-refractivity contribution in [3.63, 3.8) is 0 Å². The molecule has 1 saturated heterocycles. The summed E-state index contributed by atoms with van der Waals surface area (Å²) < 4.78 is 0. The standard InChI is InChI=1S/C21H28N4O/c1-16(2)15-22-21(26)19-8-9-20(24-23-19)25-12-10-18(11-13-25)14-17-6-4-3-5-7-17/h3-9,16,18H,10-15H2,1-2H3,(H,22,26). The molecule has 0 spiro atoms. The molecule has 3 rings (SSSR count). The average molecular weight is 352 g/mol. The van der Waals surface area contributed by atoms with Crippen molar-refractivity contribution in [3.05, 3.63) is 53.7 Å². The molecule has 1 amide bonds. The van der Waals surface area contributed by atoms with Gasteiger partial charge in [-0.25, -0.2) is 0 Å². The van der Waals surface area contributed by atoms with Crippen LogP contribution >= 0.6 is 0 Å². The van der Waals surface area contributed by atoms with Crippen molar-refractivity contribution in [3.8, 4) is 0 Å². The number of carbonyl (C=O) groups excluding carboxylic acids is 1. The van der Waals surface area contributed by atoms with E-state index in [1.165, 1.54) is 5.56 Å². The summed E-state index contributed by atoms with van der Waals surface area (Å²) in [5, 5.41) is 11.3. The minimum absolute atomic E-state index is 0.153. The zero-order valence-corrected chi connectivity index (χ0v) is 15.7. The lowest BCUT2D eigenvalue weighted by atomic mass is 9.90. The van der Waals surface area contributed by atoms with E-state index in [0.717, 1.165) is 44.1 Å². The Kier molecular flexibility index (Phi) is 6.21. The van der Waals surface area contributed by atoms with Crippen molar-refractivity contribution in [1.29, 1.82) is 0 Å². The van der Waals surface area contributed by atoms with Gasteiger partial charge in [-0.15, -0.1) is 10.2 Å². The fourth-order valence-corrected chi connectivity index (χ4v) is 3.32. The predicted octanol–water partition coefficient (Wildman–Crippen LogP) is 3.32. The van der Waals surface area contributed by atoms with Gasteiger partial charge in [-0.05, 0) is 48.8 Å². The number of nitrogens with zero attached hydrogens (tertiary/aromatic N) is 3. The number of hydrogen-bond acceptors (Lipinski definition) is 4. The third-order valence-electron chi connectivity index (χ3n) is 4.86. The molecule has 1 aromatic carbocycles. The van der Waals surface area contributed by atoms with Crippen LogP contribution in [0.25, 0.3) is 0 Å². The zero-order chi connectivity index (χ0) is 18.4. The van der Waals surface area contributed by atoms with Gasteiger partial charge in [0.1, 0.15) is 0 Å². The van der Waals surface area contributed by atoms with E-state index >= 15 is 0 Å². The summed E-state index contributed by atoms with van der Waals surface area (Å²) in [4.78, 5) is 14.3. The maximum absolute atomic E-state index is 12.0. The summed E-state index contributed by atoms with van der Waals surface area (Å²) in [6.07, 6.45) is 3.47. The lowest BCUT2D eigenvalue weighted by molar-refractivity contribution is 0.0943. The van der Waals surface area contributed by atoms with E-state index < -0.39 is 0 Å². The molecule has 5 heteroatoms. The smallest absolute Gasteiger partial charge is 0.271 e. The van der Waals surface area contributed by atoms with Crippen LogP contribution in [0.4, 0.5) is 5.82 Å². The van der Waals surface area contributed by atoms with Gasteiger partial charge in [0.05, 0.1) is 0 Å². The van der Waals surface area contributed by atoms with Crippen molar-refractivity contribution < 1.29 is 4.79 Å². The maximum atomic E-state index is 12.0. The number of nitrogens with one attached hydrogen (secondary N) is 1. The van der Waals surface area contributed by atoms with Gasteiger partial charge < -0.3 is 10.2 Å². The molecule has 1 aliphatic heterocycles. The van der Waals surface area contributed by atoms with Crippen LogP contribution in [0.15, 0.2) is 42.5 Å². The molecule has 0 unspecified atom stereocenters. The molecular formula is C21H28N4O. The largest absolute Gasteiger partial charge is 0.355 e. The highest BCUT2D eigenvalue weighted by molar-refractivity contribution is 5.92. The first-order chi connectivity index (χ1) is 12.6. The van der Waals surface area contributed by atoms with E-state index in [-0.39, 0.29) is 5.91 Å². The van der Waals surface area contributed by atoms with Crippen molar-refractivity contribution in [2.45, 2.75) is 33.1 Å². The summed E-state index contributed by atoms with van der Waals surface area (Å²) in [5.74, 6) is 1.86. The lowest BCUT2D eigenvalue weighted by Gasteiger charge is -2.32. The van der Waals surface area contributed by atoms with E-state index in [0.29, 0.717) is 18.2 Å². The van der Waals surface area contributed by atoms with Crippen LogP contribution in [0.3, 0.4) is 0 Å². The summed E-state index contributed by atoms with van der Waals surface area (Å²) >= 11 is 0. The molecular weight excluding hydrogens is 324 g/mol. The van der Waals surface area contributed by atoms with Crippen LogP contribution in [-0.2, 0) is 6.42 Å². The Balaban J connectivity index is 1.50. The summed E-state index contributed by atoms with van der Waals surface area (Å²) in [7, 11) is 0. The summed E-state index contributed by atoms with van der Waals surface area (Å²) in [6, 6.07) is 14.4. The fraction of sp³-hybridized carbons (Fsp3) is 0.476. The Labute approximate surface area is 155 Å². The number of aromatic nitrogens is 2. The molecule has 1 aromatic heterocycles. The predicted molar refractivity (Wildman–Crippen MR) is 104 cm³/mol. The van der Waals surface area contributed by atoms with Gasteiger partial charge in [-0.2, -0.15) is 0 Å². The lowest BCUT2D eigenvalue weighted by Crippen LogP contribution is -2.35. The number of hydrogen-bond donors (Lipinski definition) is 1. The van der Waals surface area contributed by atoms with Gasteiger partial charge in [0.15, 0.2) is 11.5 Å². The molecule has 0 radical (unpaired) electrons. The van der Waals surface area contributed by atoms with Gasteiger partial charge in [-0.3, -0.25) is 4.79 Å². The molecule has 2 aromatic rings. The van der Waals surface area contributed by atoms with Crippen LogP contribution in [0.2, 0.25) is 0 Å². The fourth-order valence-electron chi connectivity index (χ4n) is 3.32. The Morgan fingerprint density at radius 2 is 1.85 bits per heavy atom. The second-order valence-corrected chi connectivity index (χ2v) is 7.50. The van der Waals surface area contributed by atoms with Gasteiger partial charge >= 0.3 is 0 Å². The number of carbonyl (C=O) groups is 1. The number of piperidine rings is 1. The summed E-state index contributed by atoms with van der Waals surface area (Å²) in [6.45, 7) is 6.76. The number of anilines is 1. The molecule has 26 heavy (non-hydrogen) atoms. The molecule has 0 saturated carbocycles. The van der Waals surface area contributed by atoms with E-state index in [2.05, 4.69) is 64.6 Å². The minimum atomic E-state index is -0.153. The molecule has 1 N–H and O–H groups in total. The highest BCUT2D eigenvalue weighted by Crippen LogP contribution is 2.24. The summed E-state index contributed by atoms with van der Waals surface area (Å²) in [5.41, 5.74) is 1.80. The zero-order valence-electron chi connectivity index (χ0n) is 15.7. The average Bonchev–Trinajstić information content (AvgIpc) is 2.68. The van der Waals surface area contributed by atoms with Crippen LogP contribution < -0.4 is 10.2 Å². The SMILES string of the molecule is CC(C)CNC(=O)c1ccc(N2CCC(Cc3ccccc3)CC2)nn1. The molecule has 2 heterocycles. The molecule has 1 fully saturated rings. The van der Waals surface area contributed by atoms with E-state index in [4.69, 9.17) is 0 Å². The van der Waals surface area contributed by atoms with Gasteiger partial charge in [0.2, 0.25) is 0 Å². The Morgan fingerprint density at radius 1 is 1.12 bits per heavy atom. The van der Waals surface area contributed by atoms with E-state index in [1.807, 2.05) is 6.07 Å². The maximum Gasteiger partial charge on any atom is 0.271 e. The Hall–Kier alpha value is -2.43. The van der Waals surface area contributed by atoms with Crippen LogP contribution in [0.5, 0.6) is 0 Å². The molecule has 1 aliphatic rings. The van der Waals surface area contributed by atoms with Gasteiger partial charge in [0, 0.05) is 19.6 Å². The number of benzene rings is 1. The first-order valence-electron chi connectivity index (χ1n) is 9.52. The minimum Gasteiger partial charge on any atom is -0.355 e. The Bertz CT molecular complexity index is 692. The van der Waals surface area contributed by atoms with Crippen molar-refractivity contribution in [2.24, 2.45) is 11.8 Å². The first-order valence-corrected chi connectivity index (χ1v) is 9.52. The first kappa shape index (κ1) is 18.4. The van der Waals surface area contributed by atoms with E-state index in [9.17, 15) is 4.79 Å². The van der Waals surface area contributed by atoms with Gasteiger partial charge in [0.25, 0.3) is 5.91 Å². The van der Waals surface area contributed by atoms with Crippen LogP contribution in [0.1, 0.15) is 42.7 Å². The quantitative estimate of drug-likeness (QED) is 0.866. The molecule has 0 atom stereocenters. The second-order valence-electron chi connectivity index (χ2n) is 7.50. The normalized spacial score (nSPS) is 15.3. The highest BCUT2D eigenvalue weighted by atomic mass is 16.1. The second kappa shape index (κ2) is 8.79. The van der Waals surface area contributed by atoms with Crippen molar-refractivity contribution in [1.82, 2.24) is 15.5 Å². The molecule has 0 bridgehead atoms. The number of amides is 1. The van der Waals surface area contributed by atoms with Crippen LogP contribution in [-0.4, -0.2) is 35.7 Å². The topological polar surface area (TPSA) is 58.1 Å². The van der Waals surface area contributed by atoms with E-state index in [1.54, 1.807) is 6.07 Å². The molecule has 138 valence electrons. The molecule has 5 nitrogen and oxygen atoms in total. The Morgan fingerprint density at radius 3 is 2.46 bits per heavy atom.